The first kappa shape index (κ1) is 17.7. The van der Waals surface area contributed by atoms with Crippen molar-refractivity contribution in [2.75, 3.05) is 13.1 Å². The zero-order chi connectivity index (χ0) is 18.8. The summed E-state index contributed by atoms with van der Waals surface area (Å²) in [6, 6.07) is 13.0. The molecule has 1 aliphatic rings. The van der Waals surface area contributed by atoms with Crippen molar-refractivity contribution in [3.05, 3.63) is 59.4 Å². The van der Waals surface area contributed by atoms with Crippen LogP contribution in [0.4, 0.5) is 0 Å². The molecule has 140 valence electrons. The number of likely N-dealkylation sites (tertiary alicyclic amines) is 1. The number of hydrogen-bond donors (Lipinski definition) is 1. The van der Waals surface area contributed by atoms with E-state index < -0.39 is 0 Å². The van der Waals surface area contributed by atoms with Crippen LogP contribution < -0.4 is 5.32 Å². The first-order valence-electron chi connectivity index (χ1n) is 9.43. The third-order valence-electron chi connectivity index (χ3n) is 5.47. The normalized spacial score (nSPS) is 17.1. The van der Waals surface area contributed by atoms with E-state index in [9.17, 15) is 4.79 Å². The predicted octanol–water partition coefficient (Wildman–Crippen LogP) is 3.49. The van der Waals surface area contributed by atoms with E-state index in [0.717, 1.165) is 37.0 Å². The van der Waals surface area contributed by atoms with Crippen LogP contribution in [-0.4, -0.2) is 40.1 Å². The van der Waals surface area contributed by atoms with Crippen molar-refractivity contribution in [2.24, 2.45) is 0 Å². The number of amides is 1. The van der Waals surface area contributed by atoms with Gasteiger partial charge in [0.05, 0.1) is 16.6 Å². The molecule has 6 nitrogen and oxygen atoms in total. The van der Waals surface area contributed by atoms with Gasteiger partial charge < -0.3 is 9.84 Å². The number of pyridine rings is 1. The van der Waals surface area contributed by atoms with Gasteiger partial charge in [-0.3, -0.25) is 9.69 Å². The van der Waals surface area contributed by atoms with E-state index in [1.807, 2.05) is 13.0 Å². The summed E-state index contributed by atoms with van der Waals surface area (Å²) in [4.78, 5) is 19.3. The predicted molar refractivity (Wildman–Crippen MR) is 103 cm³/mol. The lowest BCUT2D eigenvalue weighted by atomic mass is 10.00. The highest BCUT2D eigenvalue weighted by molar-refractivity contribution is 5.97. The molecular formula is C21H24N4O2. The first-order valence-corrected chi connectivity index (χ1v) is 9.43. The second-order valence-electron chi connectivity index (χ2n) is 7.22. The second-order valence-corrected chi connectivity index (χ2v) is 7.22. The van der Waals surface area contributed by atoms with E-state index in [2.05, 4.69) is 51.5 Å². The molecule has 1 amide bonds. The van der Waals surface area contributed by atoms with Gasteiger partial charge in [0.25, 0.3) is 11.6 Å². The first-order chi connectivity index (χ1) is 13.1. The maximum atomic E-state index is 12.6. The summed E-state index contributed by atoms with van der Waals surface area (Å²) in [6.07, 6.45) is 3.45. The molecule has 3 aromatic rings. The largest absolute Gasteiger partial charge is 0.349 e. The topological polar surface area (TPSA) is 71.3 Å². The zero-order valence-corrected chi connectivity index (χ0v) is 15.7. The van der Waals surface area contributed by atoms with Crippen LogP contribution in [0.5, 0.6) is 0 Å². The van der Waals surface area contributed by atoms with Crippen molar-refractivity contribution in [3.63, 3.8) is 0 Å². The van der Waals surface area contributed by atoms with E-state index in [1.165, 1.54) is 5.56 Å². The number of fused-ring (bicyclic) bond motifs is 1. The van der Waals surface area contributed by atoms with Crippen molar-refractivity contribution in [1.82, 2.24) is 20.4 Å². The van der Waals surface area contributed by atoms with E-state index in [1.54, 1.807) is 12.3 Å². The smallest absolute Gasteiger partial charge is 0.257 e. The highest BCUT2D eigenvalue weighted by Crippen LogP contribution is 2.24. The van der Waals surface area contributed by atoms with Crippen LogP contribution in [0.25, 0.3) is 11.1 Å². The fraction of sp³-hybridized carbons (Fsp3) is 0.381. The fourth-order valence-corrected chi connectivity index (χ4v) is 3.71. The highest BCUT2D eigenvalue weighted by Gasteiger charge is 2.25. The quantitative estimate of drug-likeness (QED) is 0.767. The van der Waals surface area contributed by atoms with Crippen LogP contribution in [0.15, 0.2) is 47.1 Å². The Hall–Kier alpha value is -2.73. The minimum atomic E-state index is -0.0837. The lowest BCUT2D eigenvalue weighted by Crippen LogP contribution is -2.45. The van der Waals surface area contributed by atoms with Crippen LogP contribution in [0.2, 0.25) is 0 Å². The van der Waals surface area contributed by atoms with Crippen LogP contribution in [-0.2, 0) is 0 Å². The number of aryl methyl sites for hydroxylation is 1. The molecule has 1 atom stereocenters. The molecule has 4 rings (SSSR count). The molecule has 1 aromatic carbocycles. The summed E-state index contributed by atoms with van der Waals surface area (Å²) in [5.74, 6) is -0.0837. The number of nitrogens with zero attached hydrogens (tertiary/aromatic N) is 3. The Morgan fingerprint density at radius 3 is 2.74 bits per heavy atom. The molecule has 2 aromatic heterocycles. The molecule has 3 heterocycles. The molecule has 27 heavy (non-hydrogen) atoms. The molecule has 1 N–H and O–H groups in total. The average molecular weight is 364 g/mol. The number of aromatic nitrogens is 2. The van der Waals surface area contributed by atoms with Gasteiger partial charge in [-0.25, -0.2) is 4.98 Å². The Bertz CT molecular complexity index is 930. The van der Waals surface area contributed by atoms with Crippen LogP contribution in [0.3, 0.4) is 0 Å². The summed E-state index contributed by atoms with van der Waals surface area (Å²) >= 11 is 0. The van der Waals surface area contributed by atoms with Crippen molar-refractivity contribution in [3.8, 4) is 0 Å². The van der Waals surface area contributed by atoms with Gasteiger partial charge in [-0.1, -0.05) is 35.5 Å². The van der Waals surface area contributed by atoms with E-state index in [0.29, 0.717) is 17.3 Å². The molecule has 0 saturated carbocycles. The lowest BCUT2D eigenvalue weighted by Gasteiger charge is -2.36. The summed E-state index contributed by atoms with van der Waals surface area (Å²) < 4.78 is 5.11. The van der Waals surface area contributed by atoms with E-state index in [-0.39, 0.29) is 11.9 Å². The standard InChI is InChI=1S/C21H24N4O2/c1-14-19-12-17(13-22-21(19)27-24-14)20(26)23-18-8-10-25(11-9-18)15(2)16-6-4-3-5-7-16/h3-7,12-13,15,18H,8-11H2,1-2H3,(H,23,26)/t15-/m1/s1. The van der Waals surface area contributed by atoms with E-state index >= 15 is 0 Å². The van der Waals surface area contributed by atoms with Gasteiger partial charge in [0.1, 0.15) is 0 Å². The Kier molecular flexibility index (Phi) is 4.90. The molecule has 0 bridgehead atoms. The number of carbonyl (C=O) groups is 1. The Morgan fingerprint density at radius 1 is 1.26 bits per heavy atom. The van der Waals surface area contributed by atoms with Gasteiger partial charge in [0.2, 0.25) is 0 Å². The molecule has 0 spiro atoms. The molecular weight excluding hydrogens is 340 g/mol. The van der Waals surface area contributed by atoms with Gasteiger partial charge in [-0.15, -0.1) is 0 Å². The van der Waals surface area contributed by atoms with Gasteiger partial charge in [-0.05, 0) is 38.3 Å². The molecule has 0 unspecified atom stereocenters. The van der Waals surface area contributed by atoms with Crippen molar-refractivity contribution in [2.45, 2.75) is 38.8 Å². The molecule has 1 fully saturated rings. The maximum Gasteiger partial charge on any atom is 0.257 e. The fourth-order valence-electron chi connectivity index (χ4n) is 3.71. The Morgan fingerprint density at radius 2 is 2.00 bits per heavy atom. The third kappa shape index (κ3) is 3.71. The van der Waals surface area contributed by atoms with Gasteiger partial charge in [0.15, 0.2) is 0 Å². The Labute approximate surface area is 158 Å². The monoisotopic (exact) mass is 364 g/mol. The minimum absolute atomic E-state index is 0.0837. The zero-order valence-electron chi connectivity index (χ0n) is 15.7. The minimum Gasteiger partial charge on any atom is -0.349 e. The number of piperidine rings is 1. The maximum absolute atomic E-state index is 12.6. The molecule has 1 saturated heterocycles. The van der Waals surface area contributed by atoms with Crippen molar-refractivity contribution >= 4 is 17.0 Å². The number of rotatable bonds is 4. The van der Waals surface area contributed by atoms with Gasteiger partial charge >= 0.3 is 0 Å². The van der Waals surface area contributed by atoms with Gasteiger partial charge in [-0.2, -0.15) is 0 Å². The number of nitrogens with one attached hydrogen (secondary N) is 1. The highest BCUT2D eigenvalue weighted by atomic mass is 16.5. The summed E-state index contributed by atoms with van der Waals surface area (Å²) in [6.45, 7) is 6.04. The third-order valence-corrected chi connectivity index (χ3v) is 5.47. The van der Waals surface area contributed by atoms with Crippen LogP contribution in [0.1, 0.15) is 47.4 Å². The lowest BCUT2D eigenvalue weighted by molar-refractivity contribution is 0.0896. The summed E-state index contributed by atoms with van der Waals surface area (Å²) in [5.41, 5.74) is 3.10. The molecule has 1 aliphatic heterocycles. The van der Waals surface area contributed by atoms with E-state index in [4.69, 9.17) is 4.52 Å². The van der Waals surface area contributed by atoms with Gasteiger partial charge in [0, 0.05) is 31.4 Å². The number of hydrogen-bond acceptors (Lipinski definition) is 5. The van der Waals surface area contributed by atoms with Crippen molar-refractivity contribution < 1.29 is 9.32 Å². The SMILES string of the molecule is Cc1noc2ncc(C(=O)NC3CCN([C@H](C)c4ccccc4)CC3)cc12. The summed E-state index contributed by atoms with van der Waals surface area (Å²) in [7, 11) is 0. The molecule has 0 radical (unpaired) electrons. The van der Waals surface area contributed by atoms with Crippen molar-refractivity contribution in [1.29, 1.82) is 0 Å². The summed E-state index contributed by atoms with van der Waals surface area (Å²) in [5, 5.41) is 7.83. The average Bonchev–Trinajstić information content (AvgIpc) is 3.09. The van der Waals surface area contributed by atoms with Crippen LogP contribution >= 0.6 is 0 Å². The number of carbonyl (C=O) groups excluding carboxylic acids is 1. The second kappa shape index (κ2) is 7.48. The Balaban J connectivity index is 1.35. The number of benzene rings is 1. The molecule has 6 heteroatoms. The molecule has 0 aliphatic carbocycles. The van der Waals surface area contributed by atoms with Crippen LogP contribution in [0, 0.1) is 6.92 Å².